The second-order valence-corrected chi connectivity index (χ2v) is 2.70. The summed E-state index contributed by atoms with van der Waals surface area (Å²) in [6.45, 7) is 1.81. The number of carbonyl (C=O) groups excluding carboxylic acids is 1. The van der Waals surface area contributed by atoms with Crippen LogP contribution in [0, 0.1) is 12.3 Å². The van der Waals surface area contributed by atoms with E-state index in [2.05, 4.69) is 21.4 Å². The molecule has 0 saturated carbocycles. The molecule has 0 fully saturated rings. The van der Waals surface area contributed by atoms with Gasteiger partial charge in [0.05, 0.1) is 6.04 Å². The molecular formula is C9H10N4O. The molecule has 1 heterocycles. The lowest BCUT2D eigenvalue weighted by atomic mass is 10.3. The van der Waals surface area contributed by atoms with Crippen LogP contribution in [0.3, 0.4) is 0 Å². The Morgan fingerprint density at radius 1 is 1.64 bits per heavy atom. The first kappa shape index (κ1) is 9.99. The van der Waals surface area contributed by atoms with Crippen LogP contribution in [0.15, 0.2) is 12.1 Å². The normalized spacial score (nSPS) is 11.4. The SMILES string of the molecule is C#CC(C)Nc1ccc(C(N)=O)nn1. The summed E-state index contributed by atoms with van der Waals surface area (Å²) in [5, 5.41) is 10.2. The molecule has 1 atom stereocenters. The van der Waals surface area contributed by atoms with Gasteiger partial charge in [0.15, 0.2) is 5.69 Å². The number of terminal acetylenes is 1. The number of hydrogen-bond acceptors (Lipinski definition) is 4. The van der Waals surface area contributed by atoms with Gasteiger partial charge in [0.1, 0.15) is 5.82 Å². The molecule has 0 aliphatic carbocycles. The summed E-state index contributed by atoms with van der Waals surface area (Å²) < 4.78 is 0. The minimum atomic E-state index is -0.603. The fourth-order valence-electron chi connectivity index (χ4n) is 0.804. The number of amides is 1. The number of nitrogens with two attached hydrogens (primary N) is 1. The summed E-state index contributed by atoms with van der Waals surface area (Å²) in [5.41, 5.74) is 5.13. The van der Waals surface area contributed by atoms with Gasteiger partial charge in [0, 0.05) is 0 Å². The van der Waals surface area contributed by atoms with Gasteiger partial charge in [0.2, 0.25) is 0 Å². The fourth-order valence-corrected chi connectivity index (χ4v) is 0.804. The predicted molar refractivity (Wildman–Crippen MR) is 52.5 cm³/mol. The van der Waals surface area contributed by atoms with E-state index in [0.717, 1.165) is 0 Å². The van der Waals surface area contributed by atoms with Crippen molar-refractivity contribution < 1.29 is 4.79 Å². The molecule has 0 aliphatic rings. The van der Waals surface area contributed by atoms with Gasteiger partial charge < -0.3 is 11.1 Å². The van der Waals surface area contributed by atoms with E-state index in [1.807, 2.05) is 6.92 Å². The van der Waals surface area contributed by atoms with Gasteiger partial charge in [0.25, 0.3) is 5.91 Å². The van der Waals surface area contributed by atoms with Crippen molar-refractivity contribution in [1.82, 2.24) is 10.2 Å². The van der Waals surface area contributed by atoms with E-state index in [1.54, 1.807) is 6.07 Å². The minimum absolute atomic E-state index is 0.129. The minimum Gasteiger partial charge on any atom is -0.364 e. The maximum Gasteiger partial charge on any atom is 0.269 e. The lowest BCUT2D eigenvalue weighted by Crippen LogP contribution is -2.16. The molecule has 0 spiro atoms. The molecular weight excluding hydrogens is 180 g/mol. The first-order chi connectivity index (χ1) is 6.63. The zero-order valence-corrected chi connectivity index (χ0v) is 7.69. The summed E-state index contributed by atoms with van der Waals surface area (Å²) in [5.74, 6) is 2.39. The lowest BCUT2D eigenvalue weighted by molar-refractivity contribution is 0.0994. The molecule has 5 heteroatoms. The maximum atomic E-state index is 10.7. The predicted octanol–water partition coefficient (Wildman–Crippen LogP) is 0.00910. The van der Waals surface area contributed by atoms with Gasteiger partial charge in [-0.1, -0.05) is 5.92 Å². The summed E-state index contributed by atoms with van der Waals surface area (Å²) in [4.78, 5) is 10.7. The van der Waals surface area contributed by atoms with Gasteiger partial charge in [-0.25, -0.2) is 0 Å². The Kier molecular flexibility index (Phi) is 3.02. The number of nitrogens with zero attached hydrogens (tertiary/aromatic N) is 2. The van der Waals surface area contributed by atoms with Crippen LogP contribution in [0.25, 0.3) is 0 Å². The van der Waals surface area contributed by atoms with E-state index in [0.29, 0.717) is 5.82 Å². The third kappa shape index (κ3) is 2.45. The van der Waals surface area contributed by atoms with Gasteiger partial charge in [-0.2, -0.15) is 0 Å². The van der Waals surface area contributed by atoms with Crippen LogP contribution >= 0.6 is 0 Å². The monoisotopic (exact) mass is 190 g/mol. The molecule has 0 bridgehead atoms. The second kappa shape index (κ2) is 4.23. The molecule has 0 saturated heterocycles. The Bertz CT molecular complexity index is 365. The molecule has 1 amide bonds. The van der Waals surface area contributed by atoms with Crippen LogP contribution in [0.4, 0.5) is 5.82 Å². The number of hydrogen-bond donors (Lipinski definition) is 2. The van der Waals surface area contributed by atoms with Crippen LogP contribution in [-0.4, -0.2) is 22.1 Å². The average molecular weight is 190 g/mol. The number of primary amides is 1. The molecule has 1 aromatic heterocycles. The van der Waals surface area contributed by atoms with Crippen LogP contribution in [0.2, 0.25) is 0 Å². The van der Waals surface area contributed by atoms with Crippen LogP contribution in [0.1, 0.15) is 17.4 Å². The summed E-state index contributed by atoms with van der Waals surface area (Å²) >= 11 is 0. The molecule has 72 valence electrons. The molecule has 1 unspecified atom stereocenters. The van der Waals surface area contributed by atoms with E-state index in [1.165, 1.54) is 6.07 Å². The van der Waals surface area contributed by atoms with Crippen LogP contribution in [0.5, 0.6) is 0 Å². The Hall–Kier alpha value is -2.09. The van der Waals surface area contributed by atoms with Crippen molar-refractivity contribution in [2.75, 3.05) is 5.32 Å². The quantitative estimate of drug-likeness (QED) is 0.658. The Balaban J connectivity index is 2.75. The van der Waals surface area contributed by atoms with Crippen molar-refractivity contribution in [3.8, 4) is 12.3 Å². The van der Waals surface area contributed by atoms with Crippen molar-refractivity contribution >= 4 is 11.7 Å². The smallest absolute Gasteiger partial charge is 0.269 e. The molecule has 0 aliphatic heterocycles. The third-order valence-electron chi connectivity index (χ3n) is 1.53. The fraction of sp³-hybridized carbons (Fsp3) is 0.222. The van der Waals surface area contributed by atoms with Gasteiger partial charge in [-0.15, -0.1) is 16.6 Å². The number of aromatic nitrogens is 2. The molecule has 14 heavy (non-hydrogen) atoms. The molecule has 5 nitrogen and oxygen atoms in total. The van der Waals surface area contributed by atoms with E-state index >= 15 is 0 Å². The van der Waals surface area contributed by atoms with Gasteiger partial charge in [-0.3, -0.25) is 4.79 Å². The van der Waals surface area contributed by atoms with Crippen molar-refractivity contribution in [2.24, 2.45) is 5.73 Å². The van der Waals surface area contributed by atoms with Crippen molar-refractivity contribution in [2.45, 2.75) is 13.0 Å². The number of rotatable bonds is 3. The average Bonchev–Trinajstić information content (AvgIpc) is 2.18. The highest BCUT2D eigenvalue weighted by Gasteiger charge is 2.03. The van der Waals surface area contributed by atoms with Gasteiger partial charge in [-0.05, 0) is 19.1 Å². The third-order valence-corrected chi connectivity index (χ3v) is 1.53. The van der Waals surface area contributed by atoms with E-state index < -0.39 is 5.91 Å². The summed E-state index contributed by atoms with van der Waals surface area (Å²) in [6, 6.07) is 2.95. The highest BCUT2D eigenvalue weighted by atomic mass is 16.1. The molecule has 3 N–H and O–H groups in total. The standard InChI is InChI=1S/C9H10N4O/c1-3-6(2)11-8-5-4-7(9(10)14)12-13-8/h1,4-6H,2H3,(H2,10,14)(H,11,13). The largest absolute Gasteiger partial charge is 0.364 e. The highest BCUT2D eigenvalue weighted by Crippen LogP contribution is 2.02. The van der Waals surface area contributed by atoms with Gasteiger partial charge >= 0.3 is 0 Å². The zero-order chi connectivity index (χ0) is 10.6. The summed E-state index contributed by atoms with van der Waals surface area (Å²) in [7, 11) is 0. The molecule has 0 aromatic carbocycles. The number of carbonyl (C=O) groups is 1. The summed E-state index contributed by atoms with van der Waals surface area (Å²) in [6.07, 6.45) is 5.16. The topological polar surface area (TPSA) is 80.9 Å². The molecule has 1 rings (SSSR count). The van der Waals surface area contributed by atoms with Crippen molar-refractivity contribution in [3.63, 3.8) is 0 Å². The Morgan fingerprint density at radius 3 is 2.79 bits per heavy atom. The second-order valence-electron chi connectivity index (χ2n) is 2.70. The van der Waals surface area contributed by atoms with E-state index in [9.17, 15) is 4.79 Å². The Morgan fingerprint density at radius 2 is 2.36 bits per heavy atom. The van der Waals surface area contributed by atoms with Crippen LogP contribution in [-0.2, 0) is 0 Å². The number of nitrogens with one attached hydrogen (secondary N) is 1. The van der Waals surface area contributed by atoms with Crippen LogP contribution < -0.4 is 11.1 Å². The van der Waals surface area contributed by atoms with E-state index in [-0.39, 0.29) is 11.7 Å². The maximum absolute atomic E-state index is 10.7. The first-order valence-electron chi connectivity index (χ1n) is 3.99. The van der Waals surface area contributed by atoms with Crippen molar-refractivity contribution in [1.29, 1.82) is 0 Å². The molecule has 0 radical (unpaired) electrons. The zero-order valence-electron chi connectivity index (χ0n) is 7.69. The Labute approximate surface area is 81.7 Å². The van der Waals surface area contributed by atoms with E-state index in [4.69, 9.17) is 12.2 Å². The molecule has 1 aromatic rings. The lowest BCUT2D eigenvalue weighted by Gasteiger charge is -2.06. The number of anilines is 1. The highest BCUT2D eigenvalue weighted by molar-refractivity contribution is 5.90. The first-order valence-corrected chi connectivity index (χ1v) is 3.99. The van der Waals surface area contributed by atoms with Crippen molar-refractivity contribution in [3.05, 3.63) is 17.8 Å².